The lowest BCUT2D eigenvalue weighted by Gasteiger charge is -2.35. The van der Waals surface area contributed by atoms with E-state index in [4.69, 9.17) is 9.47 Å². The summed E-state index contributed by atoms with van der Waals surface area (Å²) in [6, 6.07) is 3.23. The highest BCUT2D eigenvalue weighted by atomic mass is 16.6. The molecule has 0 bridgehead atoms. The zero-order valence-electron chi connectivity index (χ0n) is 23.9. The number of aliphatic hydroxyl groups excluding tert-OH is 1. The summed E-state index contributed by atoms with van der Waals surface area (Å²) >= 11 is 0. The van der Waals surface area contributed by atoms with Gasteiger partial charge in [0.1, 0.15) is 17.7 Å². The van der Waals surface area contributed by atoms with Crippen LogP contribution in [0.1, 0.15) is 83.0 Å². The second-order valence-electron chi connectivity index (χ2n) is 10.2. The normalized spacial score (nSPS) is 12.7. The second-order valence-corrected chi connectivity index (χ2v) is 10.2. The first-order chi connectivity index (χ1) is 17.9. The second kappa shape index (κ2) is 16.0. The number of benzene rings is 1. The number of hydrogen-bond acceptors (Lipinski definition) is 7. The fourth-order valence-corrected chi connectivity index (χ4v) is 4.04. The van der Waals surface area contributed by atoms with E-state index >= 15 is 0 Å². The van der Waals surface area contributed by atoms with Gasteiger partial charge in [-0.3, -0.25) is 14.4 Å². The molecule has 38 heavy (non-hydrogen) atoms. The van der Waals surface area contributed by atoms with E-state index in [9.17, 15) is 24.3 Å². The third-order valence-electron chi connectivity index (χ3n) is 5.77. The molecule has 1 aromatic rings. The van der Waals surface area contributed by atoms with Gasteiger partial charge in [0.05, 0.1) is 19.6 Å². The number of rotatable bonds is 14. The van der Waals surface area contributed by atoms with Crippen LogP contribution in [-0.4, -0.2) is 71.8 Å². The van der Waals surface area contributed by atoms with Gasteiger partial charge in [0, 0.05) is 13.1 Å². The summed E-state index contributed by atoms with van der Waals surface area (Å²) in [5, 5.41) is 15.3. The predicted octanol–water partition coefficient (Wildman–Crippen LogP) is 3.32. The van der Waals surface area contributed by atoms with Crippen LogP contribution < -0.4 is 10.6 Å². The highest BCUT2D eigenvalue weighted by molar-refractivity contribution is 5.92. The van der Waals surface area contributed by atoms with Crippen molar-refractivity contribution in [2.45, 2.75) is 91.8 Å². The molecule has 3 amide bonds. The minimum absolute atomic E-state index is 0.0116. The first-order valence-corrected chi connectivity index (χ1v) is 13.3. The Morgan fingerprint density at radius 3 is 2.21 bits per heavy atom. The highest BCUT2D eigenvalue weighted by Gasteiger charge is 2.37. The van der Waals surface area contributed by atoms with Crippen LogP contribution in [0.15, 0.2) is 18.2 Å². The third kappa shape index (κ3) is 10.7. The van der Waals surface area contributed by atoms with Crippen LogP contribution in [-0.2, 0) is 23.9 Å². The molecule has 0 saturated carbocycles. The monoisotopic (exact) mass is 535 g/mol. The molecule has 0 heterocycles. The summed E-state index contributed by atoms with van der Waals surface area (Å²) < 4.78 is 10.2. The van der Waals surface area contributed by atoms with Crippen LogP contribution in [0.4, 0.5) is 4.79 Å². The van der Waals surface area contributed by atoms with Crippen molar-refractivity contribution in [2.75, 3.05) is 26.3 Å². The average molecular weight is 536 g/mol. The number of nitrogens with one attached hydrogen (secondary N) is 2. The number of aliphatic hydroxyl groups is 1. The van der Waals surface area contributed by atoms with Crippen LogP contribution in [0.2, 0.25) is 0 Å². The molecule has 2 unspecified atom stereocenters. The summed E-state index contributed by atoms with van der Waals surface area (Å²) in [7, 11) is 0. The van der Waals surface area contributed by atoms with E-state index in [1.54, 1.807) is 27.7 Å². The highest BCUT2D eigenvalue weighted by Crippen LogP contribution is 2.29. The minimum Gasteiger partial charge on any atom is -0.466 e. The maximum Gasteiger partial charge on any atom is 0.408 e. The van der Waals surface area contributed by atoms with E-state index in [-0.39, 0.29) is 26.1 Å². The summed E-state index contributed by atoms with van der Waals surface area (Å²) in [6.45, 7) is 12.4. The van der Waals surface area contributed by atoms with Crippen LogP contribution in [0.25, 0.3) is 0 Å². The number of nitrogens with zero attached hydrogens (tertiary/aromatic N) is 1. The Morgan fingerprint density at radius 2 is 1.68 bits per heavy atom. The molecule has 2 atom stereocenters. The number of carbonyl (C=O) groups excluding carboxylic acids is 4. The lowest BCUT2D eigenvalue weighted by atomic mass is 9.93. The number of unbranched alkanes of at least 4 members (excludes halogenated alkanes) is 2. The first kappa shape index (κ1) is 32.9. The molecule has 0 fully saturated rings. The molecule has 3 N–H and O–H groups in total. The molecule has 0 aromatic heterocycles. The molecule has 0 aliphatic carbocycles. The van der Waals surface area contributed by atoms with Crippen LogP contribution in [0.3, 0.4) is 0 Å². The van der Waals surface area contributed by atoms with E-state index in [2.05, 4.69) is 10.6 Å². The van der Waals surface area contributed by atoms with E-state index in [0.29, 0.717) is 12.0 Å². The maximum atomic E-state index is 13.8. The van der Waals surface area contributed by atoms with Crippen molar-refractivity contribution in [3.05, 3.63) is 34.9 Å². The molecule has 1 aromatic carbocycles. The Hall–Kier alpha value is -3.14. The molecule has 0 saturated heterocycles. The Morgan fingerprint density at radius 1 is 1.05 bits per heavy atom. The van der Waals surface area contributed by atoms with Crippen molar-refractivity contribution in [1.82, 2.24) is 15.5 Å². The first-order valence-electron chi connectivity index (χ1n) is 13.3. The Kier molecular flexibility index (Phi) is 13.8. The number of aryl methyl sites for hydroxylation is 2. The zero-order valence-corrected chi connectivity index (χ0v) is 23.9. The summed E-state index contributed by atoms with van der Waals surface area (Å²) in [4.78, 5) is 53.1. The smallest absolute Gasteiger partial charge is 0.408 e. The predicted molar refractivity (Wildman–Crippen MR) is 144 cm³/mol. The van der Waals surface area contributed by atoms with E-state index < -0.39 is 48.2 Å². The maximum absolute atomic E-state index is 13.8. The SMILES string of the molecule is CCCCCN(C(=O)C(CO)NC(=O)OC(C)(C)C)C(C(=O)NCCC(=O)OCC)c1c(C)cccc1C. The molecule has 0 spiro atoms. The van der Waals surface area contributed by atoms with Gasteiger partial charge in [0.15, 0.2) is 0 Å². The topological polar surface area (TPSA) is 134 Å². The van der Waals surface area contributed by atoms with E-state index in [1.165, 1.54) is 4.90 Å². The number of esters is 1. The Bertz CT molecular complexity index is 923. The third-order valence-corrected chi connectivity index (χ3v) is 5.77. The summed E-state index contributed by atoms with van der Waals surface area (Å²) in [5.41, 5.74) is 1.47. The molecule has 1 rings (SSSR count). The number of carbonyl (C=O) groups is 4. The van der Waals surface area contributed by atoms with Crippen molar-refractivity contribution in [1.29, 1.82) is 0 Å². The number of ether oxygens (including phenoxy) is 2. The van der Waals surface area contributed by atoms with E-state index in [1.807, 2.05) is 39.0 Å². The van der Waals surface area contributed by atoms with Gasteiger partial charge in [-0.25, -0.2) is 4.79 Å². The molecule has 10 heteroatoms. The lowest BCUT2D eigenvalue weighted by Crippen LogP contribution is -2.54. The quantitative estimate of drug-likeness (QED) is 0.246. The zero-order chi connectivity index (χ0) is 28.9. The van der Waals surface area contributed by atoms with Crippen LogP contribution in [0, 0.1) is 13.8 Å². The van der Waals surface area contributed by atoms with Crippen molar-refractivity contribution >= 4 is 23.9 Å². The van der Waals surface area contributed by atoms with Crippen LogP contribution >= 0.6 is 0 Å². The molecular weight excluding hydrogens is 490 g/mol. The summed E-state index contributed by atoms with van der Waals surface area (Å²) in [5.74, 6) is -1.51. The van der Waals surface area contributed by atoms with Crippen molar-refractivity contribution in [3.63, 3.8) is 0 Å². The number of alkyl carbamates (subject to hydrolysis) is 1. The van der Waals surface area contributed by atoms with Crippen molar-refractivity contribution < 1.29 is 33.8 Å². The number of amides is 3. The molecular formula is C28H45N3O7. The minimum atomic E-state index is -1.31. The fourth-order valence-electron chi connectivity index (χ4n) is 4.04. The summed E-state index contributed by atoms with van der Waals surface area (Å²) in [6.07, 6.45) is 1.46. The number of hydrogen-bond donors (Lipinski definition) is 3. The van der Waals surface area contributed by atoms with Gasteiger partial charge < -0.3 is 30.1 Å². The molecule has 0 radical (unpaired) electrons. The van der Waals surface area contributed by atoms with Crippen molar-refractivity contribution in [3.8, 4) is 0 Å². The van der Waals surface area contributed by atoms with Gasteiger partial charge in [-0.15, -0.1) is 0 Å². The van der Waals surface area contributed by atoms with Crippen LogP contribution in [0.5, 0.6) is 0 Å². The molecule has 0 aliphatic rings. The van der Waals surface area contributed by atoms with Gasteiger partial charge in [-0.05, 0) is 64.7 Å². The van der Waals surface area contributed by atoms with Gasteiger partial charge in [-0.1, -0.05) is 38.0 Å². The Labute approximate surface area is 226 Å². The van der Waals surface area contributed by atoms with Crippen molar-refractivity contribution in [2.24, 2.45) is 0 Å². The fraction of sp³-hybridized carbons (Fsp3) is 0.643. The van der Waals surface area contributed by atoms with Gasteiger partial charge >= 0.3 is 12.1 Å². The molecule has 10 nitrogen and oxygen atoms in total. The average Bonchev–Trinajstić information content (AvgIpc) is 2.82. The standard InChI is InChI=1S/C28H45N3O7/c1-8-10-11-17-31(26(35)21(18-32)30-27(36)38-28(5,6)7)24(23-19(3)13-12-14-20(23)4)25(34)29-16-15-22(33)37-9-2/h12-14,21,24,32H,8-11,15-18H2,1-7H3,(H,29,34)(H,30,36). The van der Waals surface area contributed by atoms with E-state index in [0.717, 1.165) is 24.0 Å². The molecule has 0 aliphatic heterocycles. The van der Waals surface area contributed by atoms with Gasteiger partial charge in [-0.2, -0.15) is 0 Å². The Balaban J connectivity index is 3.42. The molecule has 214 valence electrons. The van der Waals surface area contributed by atoms with Gasteiger partial charge in [0.2, 0.25) is 11.8 Å². The lowest BCUT2D eigenvalue weighted by molar-refractivity contribution is -0.144. The van der Waals surface area contributed by atoms with Gasteiger partial charge in [0.25, 0.3) is 0 Å². The largest absolute Gasteiger partial charge is 0.466 e.